The van der Waals surface area contributed by atoms with Crippen LogP contribution in [0.5, 0.6) is 0 Å². The summed E-state index contributed by atoms with van der Waals surface area (Å²) in [5, 5.41) is 0. The average Bonchev–Trinajstić information content (AvgIpc) is 2.38. The number of hydrogen-bond donors (Lipinski definition) is 0. The number of ketones is 1. The molecule has 1 saturated carbocycles. The monoisotopic (exact) mass is 212 g/mol. The summed E-state index contributed by atoms with van der Waals surface area (Å²) in [5.41, 5.74) is 0.913. The van der Waals surface area contributed by atoms with Gasteiger partial charge < -0.3 is 0 Å². The Balaban J connectivity index is 2.03. The van der Waals surface area contributed by atoms with E-state index in [4.69, 9.17) is 0 Å². The molecule has 3 rings (SSSR count). The summed E-state index contributed by atoms with van der Waals surface area (Å²) in [6, 6.07) is 10.2. The Morgan fingerprint density at radius 2 is 2.00 bits per heavy atom. The smallest absolute Gasteiger partial charge is 0.147 e. The third kappa shape index (κ3) is 1.09. The van der Waals surface area contributed by atoms with E-state index < -0.39 is 0 Å². The van der Waals surface area contributed by atoms with Gasteiger partial charge in [-0.1, -0.05) is 42.5 Å². The van der Waals surface area contributed by atoms with Crippen LogP contribution in [0.15, 0.2) is 42.5 Å². The van der Waals surface area contributed by atoms with Gasteiger partial charge in [0.1, 0.15) is 5.78 Å². The highest BCUT2D eigenvalue weighted by molar-refractivity contribution is 5.99. The van der Waals surface area contributed by atoms with Crippen molar-refractivity contribution < 1.29 is 4.79 Å². The van der Waals surface area contributed by atoms with Crippen LogP contribution >= 0.6 is 0 Å². The van der Waals surface area contributed by atoms with Crippen molar-refractivity contribution in [1.82, 2.24) is 0 Å². The third-order valence-electron chi connectivity index (χ3n) is 4.31. The molecule has 82 valence electrons. The largest absolute Gasteiger partial charge is 0.298 e. The highest BCUT2D eigenvalue weighted by Gasteiger charge is 2.58. The Hall–Kier alpha value is -1.37. The van der Waals surface area contributed by atoms with E-state index >= 15 is 0 Å². The lowest BCUT2D eigenvalue weighted by Gasteiger charge is -2.52. The highest BCUT2D eigenvalue weighted by Crippen LogP contribution is 2.53. The van der Waals surface area contributed by atoms with Gasteiger partial charge in [0, 0.05) is 11.8 Å². The van der Waals surface area contributed by atoms with Gasteiger partial charge in [-0.05, 0) is 25.3 Å². The first-order valence-electron chi connectivity index (χ1n) is 6.01. The normalized spacial score (nSPS) is 36.7. The summed E-state index contributed by atoms with van der Waals surface area (Å²) < 4.78 is 0. The summed E-state index contributed by atoms with van der Waals surface area (Å²) in [7, 11) is 0. The van der Waals surface area contributed by atoms with Crippen molar-refractivity contribution in [3.05, 3.63) is 48.0 Å². The van der Waals surface area contributed by atoms with Gasteiger partial charge in [0.15, 0.2) is 0 Å². The molecule has 0 aromatic heterocycles. The highest BCUT2D eigenvalue weighted by atomic mass is 16.1. The second-order valence-electron chi connectivity index (χ2n) is 5.07. The van der Waals surface area contributed by atoms with Gasteiger partial charge in [-0.3, -0.25) is 4.79 Å². The van der Waals surface area contributed by atoms with Crippen molar-refractivity contribution in [2.45, 2.75) is 25.2 Å². The molecule has 1 aromatic carbocycles. The average molecular weight is 212 g/mol. The lowest BCUT2D eigenvalue weighted by Crippen LogP contribution is -2.59. The molecule has 0 N–H and O–H groups in total. The second-order valence-corrected chi connectivity index (χ2v) is 5.07. The number of Topliss-reactive ketones (excluding diaryl/α,β-unsaturated/α-hetero) is 1. The molecule has 0 spiro atoms. The molecule has 2 aliphatic carbocycles. The number of benzene rings is 1. The molecule has 1 fully saturated rings. The van der Waals surface area contributed by atoms with Crippen molar-refractivity contribution >= 4 is 5.78 Å². The molecule has 0 heterocycles. The van der Waals surface area contributed by atoms with Crippen LogP contribution in [0.2, 0.25) is 0 Å². The van der Waals surface area contributed by atoms with Crippen molar-refractivity contribution in [1.29, 1.82) is 0 Å². The maximum atomic E-state index is 12.3. The van der Waals surface area contributed by atoms with Gasteiger partial charge in [-0.15, -0.1) is 0 Å². The van der Waals surface area contributed by atoms with Crippen LogP contribution in [0.1, 0.15) is 25.3 Å². The summed E-state index contributed by atoms with van der Waals surface area (Å²) in [5.74, 6) is 1.15. The van der Waals surface area contributed by atoms with Crippen LogP contribution in [0.3, 0.4) is 0 Å². The van der Waals surface area contributed by atoms with E-state index in [0.717, 1.165) is 12.8 Å². The topological polar surface area (TPSA) is 17.1 Å². The molecular formula is C15H16O. The van der Waals surface area contributed by atoms with Crippen LogP contribution in [0.25, 0.3) is 0 Å². The Morgan fingerprint density at radius 3 is 2.75 bits per heavy atom. The lowest BCUT2D eigenvalue weighted by atomic mass is 9.49. The van der Waals surface area contributed by atoms with E-state index in [9.17, 15) is 4.79 Å². The van der Waals surface area contributed by atoms with Crippen molar-refractivity contribution in [2.24, 2.45) is 11.8 Å². The first-order chi connectivity index (χ1) is 7.74. The van der Waals surface area contributed by atoms with Crippen LogP contribution in [-0.2, 0) is 10.2 Å². The molecule has 1 heteroatoms. The van der Waals surface area contributed by atoms with Crippen LogP contribution in [0, 0.1) is 11.8 Å². The van der Waals surface area contributed by atoms with E-state index in [0.29, 0.717) is 11.7 Å². The minimum absolute atomic E-state index is 0.261. The standard InChI is InChI=1S/C15H16O/c1-15(11-7-3-2-4-8-11)13-10-6-5-9-12(13)14(15)16/h2-4,6-8,10,12-13H,5,9H2,1H3/t12-,13+,15+/m0/s1. The zero-order valence-electron chi connectivity index (χ0n) is 9.52. The molecule has 0 amide bonds. The number of rotatable bonds is 1. The van der Waals surface area contributed by atoms with E-state index in [-0.39, 0.29) is 11.3 Å². The second kappa shape index (κ2) is 3.31. The minimum atomic E-state index is -0.261. The van der Waals surface area contributed by atoms with Crippen molar-refractivity contribution in [2.75, 3.05) is 0 Å². The van der Waals surface area contributed by atoms with Gasteiger partial charge in [0.05, 0.1) is 5.41 Å². The van der Waals surface area contributed by atoms with Crippen LogP contribution < -0.4 is 0 Å². The fourth-order valence-corrected chi connectivity index (χ4v) is 3.29. The quantitative estimate of drug-likeness (QED) is 0.654. The zero-order chi connectivity index (χ0) is 11.2. The molecule has 2 aliphatic rings. The number of carbonyl (C=O) groups is 1. The molecule has 3 atom stereocenters. The third-order valence-corrected chi connectivity index (χ3v) is 4.31. The molecule has 0 saturated heterocycles. The van der Waals surface area contributed by atoms with E-state index in [1.807, 2.05) is 18.2 Å². The summed E-state index contributed by atoms with van der Waals surface area (Å²) >= 11 is 0. The van der Waals surface area contributed by atoms with Crippen molar-refractivity contribution in [3.63, 3.8) is 0 Å². The first-order valence-corrected chi connectivity index (χ1v) is 6.01. The van der Waals surface area contributed by atoms with E-state index in [1.165, 1.54) is 5.56 Å². The maximum absolute atomic E-state index is 12.3. The van der Waals surface area contributed by atoms with Gasteiger partial charge in [-0.25, -0.2) is 0 Å². The van der Waals surface area contributed by atoms with Crippen LogP contribution in [-0.4, -0.2) is 5.78 Å². The van der Waals surface area contributed by atoms with E-state index in [1.54, 1.807) is 0 Å². The fraction of sp³-hybridized carbons (Fsp3) is 0.400. The number of fused-ring (bicyclic) bond motifs is 1. The molecule has 0 unspecified atom stereocenters. The summed E-state index contributed by atoms with van der Waals surface area (Å²) in [6.45, 7) is 2.10. The Labute approximate surface area is 96.2 Å². The lowest BCUT2D eigenvalue weighted by molar-refractivity contribution is -0.143. The van der Waals surface area contributed by atoms with Gasteiger partial charge >= 0.3 is 0 Å². The van der Waals surface area contributed by atoms with E-state index in [2.05, 4.69) is 31.2 Å². The molecule has 0 bridgehead atoms. The zero-order valence-corrected chi connectivity index (χ0v) is 9.52. The SMILES string of the molecule is C[C@]1(c2ccccc2)C(=O)[C@H]2CCC=C[C@H]21. The molecule has 1 nitrogen and oxygen atoms in total. The predicted octanol–water partition coefficient (Wildman–Crippen LogP) is 3.11. The van der Waals surface area contributed by atoms with Gasteiger partial charge in [-0.2, -0.15) is 0 Å². The molecule has 0 radical (unpaired) electrons. The fourth-order valence-electron chi connectivity index (χ4n) is 3.29. The molecule has 1 aromatic rings. The Morgan fingerprint density at radius 1 is 1.25 bits per heavy atom. The molecular weight excluding hydrogens is 196 g/mol. The van der Waals surface area contributed by atoms with Gasteiger partial charge in [0.2, 0.25) is 0 Å². The molecule has 0 aliphatic heterocycles. The summed E-state index contributed by atoms with van der Waals surface area (Å²) in [6.07, 6.45) is 6.59. The number of hydrogen-bond acceptors (Lipinski definition) is 1. The predicted molar refractivity (Wildman–Crippen MR) is 64.2 cm³/mol. The molecule has 16 heavy (non-hydrogen) atoms. The minimum Gasteiger partial charge on any atom is -0.298 e. The summed E-state index contributed by atoms with van der Waals surface area (Å²) in [4.78, 5) is 12.3. The Kier molecular flexibility index (Phi) is 2.03. The van der Waals surface area contributed by atoms with Gasteiger partial charge in [0.25, 0.3) is 0 Å². The van der Waals surface area contributed by atoms with Crippen molar-refractivity contribution in [3.8, 4) is 0 Å². The number of carbonyl (C=O) groups excluding carboxylic acids is 1. The first kappa shape index (κ1) is 9.83. The number of allylic oxidation sites excluding steroid dienone is 2. The maximum Gasteiger partial charge on any atom is 0.147 e. The van der Waals surface area contributed by atoms with Crippen LogP contribution in [0.4, 0.5) is 0 Å². The Bertz CT molecular complexity index is 446.